The highest BCUT2D eigenvalue weighted by molar-refractivity contribution is 6.00. The van der Waals surface area contributed by atoms with Crippen LogP contribution in [0.4, 0.5) is 10.5 Å². The van der Waals surface area contributed by atoms with Gasteiger partial charge in [0.1, 0.15) is 0 Å². The topological polar surface area (TPSA) is 63.1 Å². The lowest BCUT2D eigenvalue weighted by Gasteiger charge is -2.15. The minimum atomic E-state index is -0.238. The van der Waals surface area contributed by atoms with Crippen LogP contribution in [-0.4, -0.2) is 17.1 Å². The number of hydrogen-bond donors (Lipinski definition) is 2. The lowest BCUT2D eigenvalue weighted by molar-refractivity contribution is 0.252. The van der Waals surface area contributed by atoms with Crippen LogP contribution in [-0.2, 0) is 6.54 Å². The first kappa shape index (κ1) is 17.1. The van der Waals surface area contributed by atoms with E-state index in [0.29, 0.717) is 30.1 Å². The van der Waals surface area contributed by atoms with Crippen LogP contribution in [0.25, 0.3) is 10.8 Å². The summed E-state index contributed by atoms with van der Waals surface area (Å²) in [7, 11) is 0. The van der Waals surface area contributed by atoms with E-state index in [1.807, 2.05) is 18.2 Å². The molecule has 0 radical (unpaired) electrons. The van der Waals surface area contributed by atoms with Gasteiger partial charge in [0, 0.05) is 30.1 Å². The number of nitrogens with zero attached hydrogens (tertiary/aromatic N) is 1. The van der Waals surface area contributed by atoms with E-state index in [4.69, 9.17) is 0 Å². The number of carbonyl (C=O) groups excluding carboxylic acids is 1. The third-order valence-corrected chi connectivity index (χ3v) is 3.62. The Morgan fingerprint density at radius 2 is 1.91 bits per heavy atom. The Morgan fingerprint density at radius 3 is 2.57 bits per heavy atom. The molecule has 0 atom stereocenters. The van der Waals surface area contributed by atoms with Gasteiger partial charge in [-0.2, -0.15) is 0 Å². The van der Waals surface area contributed by atoms with Crippen LogP contribution < -0.4 is 16.2 Å². The summed E-state index contributed by atoms with van der Waals surface area (Å²) in [6.07, 6.45) is 3.72. The first-order chi connectivity index (χ1) is 11.0. The minimum Gasteiger partial charge on any atom is -0.338 e. The molecule has 2 N–H and O–H groups in total. The van der Waals surface area contributed by atoms with Crippen molar-refractivity contribution in [3.8, 4) is 0 Å². The Balaban J connectivity index is 2.35. The van der Waals surface area contributed by atoms with Crippen LogP contribution in [0.1, 0.15) is 33.6 Å². The SMILES string of the molecule is CCCCNC(=O)Nc1cn(CC(C)C)c(=O)c2ccccc12. The van der Waals surface area contributed by atoms with Gasteiger partial charge in [0.25, 0.3) is 5.56 Å². The lowest BCUT2D eigenvalue weighted by atomic mass is 10.1. The molecule has 2 rings (SSSR count). The van der Waals surface area contributed by atoms with Crippen LogP contribution in [0.5, 0.6) is 0 Å². The predicted molar refractivity (Wildman–Crippen MR) is 95.0 cm³/mol. The van der Waals surface area contributed by atoms with Crippen molar-refractivity contribution in [2.75, 3.05) is 11.9 Å². The van der Waals surface area contributed by atoms with E-state index in [1.54, 1.807) is 16.8 Å². The average Bonchev–Trinajstić information content (AvgIpc) is 2.52. The van der Waals surface area contributed by atoms with Crippen molar-refractivity contribution in [2.45, 2.75) is 40.2 Å². The number of amides is 2. The van der Waals surface area contributed by atoms with Gasteiger partial charge in [0.15, 0.2) is 0 Å². The number of pyridine rings is 1. The molecule has 0 bridgehead atoms. The van der Waals surface area contributed by atoms with Crippen molar-refractivity contribution in [1.29, 1.82) is 0 Å². The third kappa shape index (κ3) is 4.34. The van der Waals surface area contributed by atoms with Crippen molar-refractivity contribution in [3.05, 3.63) is 40.8 Å². The molecule has 0 aliphatic heterocycles. The summed E-state index contributed by atoms with van der Waals surface area (Å²) >= 11 is 0. The molecule has 124 valence electrons. The second-order valence-electron chi connectivity index (χ2n) is 6.17. The summed E-state index contributed by atoms with van der Waals surface area (Å²) < 4.78 is 1.68. The highest BCUT2D eigenvalue weighted by atomic mass is 16.2. The number of unbranched alkanes of at least 4 members (excludes halogenated alkanes) is 1. The summed E-state index contributed by atoms with van der Waals surface area (Å²) in [4.78, 5) is 24.6. The minimum absolute atomic E-state index is 0.0220. The molecule has 23 heavy (non-hydrogen) atoms. The van der Waals surface area contributed by atoms with Gasteiger partial charge in [0.2, 0.25) is 0 Å². The second-order valence-corrected chi connectivity index (χ2v) is 6.17. The van der Waals surface area contributed by atoms with E-state index < -0.39 is 0 Å². The normalized spacial score (nSPS) is 11.0. The van der Waals surface area contributed by atoms with Gasteiger partial charge >= 0.3 is 6.03 Å². The molecule has 1 aromatic heterocycles. The first-order valence-corrected chi connectivity index (χ1v) is 8.20. The number of nitrogens with one attached hydrogen (secondary N) is 2. The average molecular weight is 315 g/mol. The largest absolute Gasteiger partial charge is 0.338 e. The van der Waals surface area contributed by atoms with Crippen LogP contribution in [0, 0.1) is 5.92 Å². The van der Waals surface area contributed by atoms with Crippen molar-refractivity contribution < 1.29 is 4.79 Å². The molecule has 5 heteroatoms. The standard InChI is InChI=1S/C18H25N3O2/c1-4-5-10-19-18(23)20-16-12-21(11-13(2)3)17(22)15-9-7-6-8-14(15)16/h6-9,12-13H,4-5,10-11H2,1-3H3,(H2,19,20,23). The molecular weight excluding hydrogens is 290 g/mol. The lowest BCUT2D eigenvalue weighted by Crippen LogP contribution is -2.31. The zero-order chi connectivity index (χ0) is 16.8. The molecule has 2 amide bonds. The number of hydrogen-bond acceptors (Lipinski definition) is 2. The maximum atomic E-state index is 12.5. The molecule has 0 aliphatic carbocycles. The monoisotopic (exact) mass is 315 g/mol. The molecule has 0 saturated heterocycles. The number of urea groups is 1. The van der Waals surface area contributed by atoms with E-state index in [-0.39, 0.29) is 11.6 Å². The number of aromatic nitrogens is 1. The van der Waals surface area contributed by atoms with Gasteiger partial charge in [-0.3, -0.25) is 4.79 Å². The van der Waals surface area contributed by atoms with E-state index in [0.717, 1.165) is 18.2 Å². The van der Waals surface area contributed by atoms with Crippen LogP contribution in [0.2, 0.25) is 0 Å². The molecular formula is C18H25N3O2. The Labute approximate surface area is 136 Å². The van der Waals surface area contributed by atoms with E-state index >= 15 is 0 Å². The number of anilines is 1. The molecule has 0 unspecified atom stereocenters. The molecule has 0 fully saturated rings. The molecule has 0 spiro atoms. The Hall–Kier alpha value is -2.30. The molecule has 1 aromatic carbocycles. The second kappa shape index (κ2) is 7.81. The highest BCUT2D eigenvalue weighted by Gasteiger charge is 2.11. The van der Waals surface area contributed by atoms with Crippen molar-refractivity contribution >= 4 is 22.5 Å². The summed E-state index contributed by atoms with van der Waals surface area (Å²) in [5.74, 6) is 0.347. The Kier molecular flexibility index (Phi) is 5.79. The smallest absolute Gasteiger partial charge is 0.319 e. The van der Waals surface area contributed by atoms with Crippen LogP contribution in [0.15, 0.2) is 35.3 Å². The zero-order valence-corrected chi connectivity index (χ0v) is 14.1. The maximum absolute atomic E-state index is 12.5. The van der Waals surface area contributed by atoms with Gasteiger partial charge in [0.05, 0.1) is 5.69 Å². The predicted octanol–water partition coefficient (Wildman–Crippen LogP) is 3.58. The maximum Gasteiger partial charge on any atom is 0.319 e. The third-order valence-electron chi connectivity index (χ3n) is 3.62. The number of benzene rings is 1. The number of fused-ring (bicyclic) bond motifs is 1. The quantitative estimate of drug-likeness (QED) is 0.800. The summed E-state index contributed by atoms with van der Waals surface area (Å²) in [6.45, 7) is 7.47. The van der Waals surface area contributed by atoms with E-state index in [9.17, 15) is 9.59 Å². The van der Waals surface area contributed by atoms with E-state index in [2.05, 4.69) is 31.4 Å². The van der Waals surface area contributed by atoms with Gasteiger partial charge < -0.3 is 15.2 Å². The van der Waals surface area contributed by atoms with Crippen molar-refractivity contribution in [1.82, 2.24) is 9.88 Å². The van der Waals surface area contributed by atoms with E-state index in [1.165, 1.54) is 0 Å². The summed E-state index contributed by atoms with van der Waals surface area (Å²) in [6, 6.07) is 7.13. The Morgan fingerprint density at radius 1 is 1.22 bits per heavy atom. The molecule has 0 aliphatic rings. The fraction of sp³-hybridized carbons (Fsp3) is 0.444. The summed E-state index contributed by atoms with van der Waals surface area (Å²) in [5.41, 5.74) is 0.640. The zero-order valence-electron chi connectivity index (χ0n) is 14.1. The fourth-order valence-corrected chi connectivity index (χ4v) is 2.52. The number of carbonyl (C=O) groups is 1. The van der Waals surface area contributed by atoms with Gasteiger partial charge in [-0.05, 0) is 18.4 Å². The van der Waals surface area contributed by atoms with Gasteiger partial charge in [-0.1, -0.05) is 45.4 Å². The molecule has 5 nitrogen and oxygen atoms in total. The van der Waals surface area contributed by atoms with Crippen LogP contribution >= 0.6 is 0 Å². The van der Waals surface area contributed by atoms with Crippen LogP contribution in [0.3, 0.4) is 0 Å². The fourth-order valence-electron chi connectivity index (χ4n) is 2.52. The van der Waals surface area contributed by atoms with Gasteiger partial charge in [-0.25, -0.2) is 4.79 Å². The van der Waals surface area contributed by atoms with Crippen molar-refractivity contribution in [2.24, 2.45) is 5.92 Å². The molecule has 2 aromatic rings. The first-order valence-electron chi connectivity index (χ1n) is 8.20. The highest BCUT2D eigenvalue weighted by Crippen LogP contribution is 2.20. The molecule has 1 heterocycles. The summed E-state index contributed by atoms with van der Waals surface area (Å²) in [5, 5.41) is 7.10. The van der Waals surface area contributed by atoms with Gasteiger partial charge in [-0.15, -0.1) is 0 Å². The molecule has 0 saturated carbocycles. The van der Waals surface area contributed by atoms with Crippen molar-refractivity contribution in [3.63, 3.8) is 0 Å². The Bertz CT molecular complexity index is 735. The number of rotatable bonds is 6.